The zero-order chi connectivity index (χ0) is 9.52. The Morgan fingerprint density at radius 3 is 2.54 bits per heavy atom. The first kappa shape index (κ1) is 9.72. The Morgan fingerprint density at radius 2 is 2.00 bits per heavy atom. The number of rotatable bonds is 4. The van der Waals surface area contributed by atoms with Crippen LogP contribution in [0, 0.1) is 0 Å². The van der Waals surface area contributed by atoms with Crippen LogP contribution in [0.25, 0.3) is 6.08 Å². The summed E-state index contributed by atoms with van der Waals surface area (Å²) < 4.78 is 0. The lowest BCUT2D eigenvalue weighted by Crippen LogP contribution is -1.83. The molecule has 0 unspecified atom stereocenters. The predicted molar refractivity (Wildman–Crippen MR) is 55.4 cm³/mol. The molecule has 0 saturated carbocycles. The van der Waals surface area contributed by atoms with E-state index in [9.17, 15) is 4.79 Å². The lowest BCUT2D eigenvalue weighted by molar-refractivity contribution is -0.105. The summed E-state index contributed by atoms with van der Waals surface area (Å²) in [6, 6.07) is 9.91. The average Bonchev–Trinajstić information content (AvgIpc) is 2.19. The van der Waals surface area contributed by atoms with E-state index in [-0.39, 0.29) is 0 Å². The summed E-state index contributed by atoms with van der Waals surface area (Å²) in [7, 11) is 0. The van der Waals surface area contributed by atoms with Gasteiger partial charge in [-0.3, -0.25) is 4.79 Å². The van der Waals surface area contributed by atoms with Gasteiger partial charge in [0.1, 0.15) is 6.29 Å². The maximum absolute atomic E-state index is 10.6. The molecule has 0 aliphatic carbocycles. The molecule has 13 heavy (non-hydrogen) atoms. The summed E-state index contributed by atoms with van der Waals surface area (Å²) >= 11 is 0. The van der Waals surface area contributed by atoms with Gasteiger partial charge in [-0.15, -0.1) is 0 Å². The average molecular weight is 174 g/mol. The summed E-state index contributed by atoms with van der Waals surface area (Å²) in [6.07, 6.45) is 4.75. The second-order valence-corrected chi connectivity index (χ2v) is 3.00. The molecular weight excluding hydrogens is 160 g/mol. The number of carbonyl (C=O) groups is 1. The van der Waals surface area contributed by atoms with E-state index in [1.165, 1.54) is 0 Å². The van der Waals surface area contributed by atoms with Crippen molar-refractivity contribution < 1.29 is 4.79 Å². The number of allylic oxidation sites excluding steroid dienone is 1. The Morgan fingerprint density at radius 1 is 1.31 bits per heavy atom. The Kier molecular flexibility index (Phi) is 3.97. The molecule has 0 amide bonds. The first-order valence-electron chi connectivity index (χ1n) is 4.57. The van der Waals surface area contributed by atoms with Crippen molar-refractivity contribution >= 4 is 12.4 Å². The third kappa shape index (κ3) is 3.24. The van der Waals surface area contributed by atoms with Gasteiger partial charge in [-0.1, -0.05) is 43.7 Å². The molecular formula is C12H14O. The molecule has 1 aromatic carbocycles. The Hall–Kier alpha value is -1.37. The van der Waals surface area contributed by atoms with Crippen molar-refractivity contribution in [3.8, 4) is 0 Å². The minimum atomic E-state index is 0.860. The van der Waals surface area contributed by atoms with Gasteiger partial charge in [0.25, 0.3) is 0 Å². The van der Waals surface area contributed by atoms with Crippen molar-refractivity contribution in [2.45, 2.75) is 19.8 Å². The van der Waals surface area contributed by atoms with Crippen molar-refractivity contribution in [1.29, 1.82) is 0 Å². The molecule has 0 fully saturated rings. The van der Waals surface area contributed by atoms with Crippen molar-refractivity contribution in [1.82, 2.24) is 0 Å². The molecule has 1 nitrogen and oxygen atoms in total. The molecule has 0 bridgehead atoms. The molecule has 0 N–H and O–H groups in total. The number of hydrogen-bond donors (Lipinski definition) is 0. The van der Waals surface area contributed by atoms with E-state index in [0.717, 1.165) is 30.3 Å². The van der Waals surface area contributed by atoms with Gasteiger partial charge in [0.15, 0.2) is 0 Å². The van der Waals surface area contributed by atoms with Crippen molar-refractivity contribution in [3.05, 3.63) is 41.5 Å². The second-order valence-electron chi connectivity index (χ2n) is 3.00. The van der Waals surface area contributed by atoms with E-state index in [1.54, 1.807) is 0 Å². The highest BCUT2D eigenvalue weighted by Gasteiger charge is 1.93. The monoisotopic (exact) mass is 174 g/mol. The third-order valence-corrected chi connectivity index (χ3v) is 1.84. The zero-order valence-electron chi connectivity index (χ0n) is 7.86. The highest BCUT2D eigenvalue weighted by atomic mass is 16.1. The first-order chi connectivity index (χ1) is 6.36. The van der Waals surface area contributed by atoms with E-state index in [0.29, 0.717) is 0 Å². The topological polar surface area (TPSA) is 17.1 Å². The standard InChI is InChI=1S/C12H14O/c1-2-6-12(10-13)9-11-7-4-3-5-8-11/h3-5,7-10H,2,6H2,1H3. The maximum Gasteiger partial charge on any atom is 0.146 e. The predicted octanol–water partition coefficient (Wildman–Crippen LogP) is 3.07. The van der Waals surface area contributed by atoms with Gasteiger partial charge in [-0.05, 0) is 23.6 Å². The van der Waals surface area contributed by atoms with Crippen LogP contribution in [0.15, 0.2) is 35.9 Å². The van der Waals surface area contributed by atoms with Crippen molar-refractivity contribution in [3.63, 3.8) is 0 Å². The third-order valence-electron chi connectivity index (χ3n) is 1.84. The molecule has 0 heterocycles. The van der Waals surface area contributed by atoms with Crippen LogP contribution in [-0.2, 0) is 4.79 Å². The van der Waals surface area contributed by atoms with Crippen LogP contribution >= 0.6 is 0 Å². The fourth-order valence-electron chi connectivity index (χ4n) is 1.22. The van der Waals surface area contributed by atoms with Crippen molar-refractivity contribution in [2.75, 3.05) is 0 Å². The van der Waals surface area contributed by atoms with E-state index >= 15 is 0 Å². The van der Waals surface area contributed by atoms with Gasteiger partial charge < -0.3 is 0 Å². The fourth-order valence-corrected chi connectivity index (χ4v) is 1.22. The summed E-state index contributed by atoms with van der Waals surface area (Å²) in [5, 5.41) is 0. The summed E-state index contributed by atoms with van der Waals surface area (Å²) in [4.78, 5) is 10.6. The van der Waals surface area contributed by atoms with E-state index in [1.807, 2.05) is 36.4 Å². The normalized spacial score (nSPS) is 11.3. The molecule has 1 rings (SSSR count). The van der Waals surface area contributed by atoms with Gasteiger partial charge in [0, 0.05) is 0 Å². The quantitative estimate of drug-likeness (QED) is 0.506. The number of aldehydes is 1. The zero-order valence-corrected chi connectivity index (χ0v) is 7.86. The Balaban J connectivity index is 2.79. The molecule has 1 heteroatoms. The second kappa shape index (κ2) is 5.31. The van der Waals surface area contributed by atoms with Crippen LogP contribution < -0.4 is 0 Å². The van der Waals surface area contributed by atoms with E-state index in [4.69, 9.17) is 0 Å². The highest BCUT2D eigenvalue weighted by molar-refractivity contribution is 5.81. The maximum atomic E-state index is 10.6. The lowest BCUT2D eigenvalue weighted by Gasteiger charge is -1.96. The largest absolute Gasteiger partial charge is 0.298 e. The van der Waals surface area contributed by atoms with Crippen LogP contribution in [0.1, 0.15) is 25.3 Å². The number of benzene rings is 1. The van der Waals surface area contributed by atoms with Crippen LogP contribution in [0.4, 0.5) is 0 Å². The Bertz CT molecular complexity index is 285. The van der Waals surface area contributed by atoms with Crippen molar-refractivity contribution in [2.24, 2.45) is 0 Å². The molecule has 68 valence electrons. The summed E-state index contributed by atoms with van der Waals surface area (Å²) in [5.74, 6) is 0. The van der Waals surface area contributed by atoms with Crippen LogP contribution in [0.2, 0.25) is 0 Å². The van der Waals surface area contributed by atoms with Gasteiger partial charge in [-0.25, -0.2) is 0 Å². The van der Waals surface area contributed by atoms with Crippen LogP contribution in [0.3, 0.4) is 0 Å². The van der Waals surface area contributed by atoms with E-state index < -0.39 is 0 Å². The molecule has 0 aliphatic heterocycles. The van der Waals surface area contributed by atoms with Gasteiger partial charge >= 0.3 is 0 Å². The molecule has 0 radical (unpaired) electrons. The lowest BCUT2D eigenvalue weighted by atomic mass is 10.1. The summed E-state index contributed by atoms with van der Waals surface area (Å²) in [6.45, 7) is 2.07. The first-order valence-corrected chi connectivity index (χ1v) is 4.57. The minimum Gasteiger partial charge on any atom is -0.298 e. The Labute approximate surface area is 79.1 Å². The molecule has 0 atom stereocenters. The smallest absolute Gasteiger partial charge is 0.146 e. The molecule has 0 aromatic heterocycles. The minimum absolute atomic E-state index is 0.860. The number of hydrogen-bond acceptors (Lipinski definition) is 1. The SMILES string of the molecule is CCCC(C=O)=Cc1ccccc1. The van der Waals surface area contributed by atoms with Gasteiger partial charge in [0.2, 0.25) is 0 Å². The van der Waals surface area contributed by atoms with Gasteiger partial charge in [-0.2, -0.15) is 0 Å². The van der Waals surface area contributed by atoms with E-state index in [2.05, 4.69) is 6.92 Å². The molecule has 0 aliphatic rings. The molecule has 0 spiro atoms. The van der Waals surface area contributed by atoms with Crippen LogP contribution in [0.5, 0.6) is 0 Å². The molecule has 0 saturated heterocycles. The summed E-state index contributed by atoms with van der Waals surface area (Å²) in [5.41, 5.74) is 1.96. The fraction of sp³-hybridized carbons (Fsp3) is 0.250. The van der Waals surface area contributed by atoms with Gasteiger partial charge in [0.05, 0.1) is 0 Å². The highest BCUT2D eigenvalue weighted by Crippen LogP contribution is 2.08. The van der Waals surface area contributed by atoms with Crippen LogP contribution in [-0.4, -0.2) is 6.29 Å². The number of carbonyl (C=O) groups excluding carboxylic acids is 1. The molecule has 1 aromatic rings.